The van der Waals surface area contributed by atoms with Gasteiger partial charge in [-0.25, -0.2) is 9.97 Å². The van der Waals surface area contributed by atoms with E-state index in [2.05, 4.69) is 64.1 Å². The summed E-state index contributed by atoms with van der Waals surface area (Å²) >= 11 is 1.83. The van der Waals surface area contributed by atoms with Crippen molar-refractivity contribution in [1.29, 1.82) is 0 Å². The van der Waals surface area contributed by atoms with Crippen LogP contribution in [0, 0.1) is 0 Å². The second-order valence-electron chi connectivity index (χ2n) is 9.63. The third kappa shape index (κ3) is 3.46. The predicted molar refractivity (Wildman–Crippen MR) is 160 cm³/mol. The average Bonchev–Trinajstić information content (AvgIpc) is 3.66. The highest BCUT2D eigenvalue weighted by Crippen LogP contribution is 2.43. The van der Waals surface area contributed by atoms with Gasteiger partial charge in [0.15, 0.2) is 0 Å². The third-order valence-corrected chi connectivity index (χ3v) is 8.40. The predicted octanol–water partition coefficient (Wildman–Crippen LogP) is 8.74. The lowest BCUT2D eigenvalue weighted by Crippen LogP contribution is -1.97. The Morgan fingerprint density at radius 2 is 1.56 bits per heavy atom. The minimum Gasteiger partial charge on any atom is -0.457 e. The zero-order valence-corrected chi connectivity index (χ0v) is 21.9. The van der Waals surface area contributed by atoms with Gasteiger partial charge in [0.2, 0.25) is 0 Å². The molecule has 0 bridgehead atoms. The van der Waals surface area contributed by atoms with E-state index in [1.165, 1.54) is 36.5 Å². The highest BCUT2D eigenvalue weighted by atomic mass is 32.1. The number of aryl methyl sites for hydroxylation is 1. The van der Waals surface area contributed by atoms with Crippen LogP contribution in [-0.2, 0) is 7.05 Å². The molecule has 0 amide bonds. The van der Waals surface area contributed by atoms with Gasteiger partial charge in [-0.1, -0.05) is 42.5 Å². The van der Waals surface area contributed by atoms with Crippen LogP contribution >= 0.6 is 11.3 Å². The Bertz CT molecular complexity index is 2170. The normalized spacial score (nSPS) is 11.7. The third-order valence-electron chi connectivity index (χ3n) is 7.27. The van der Waals surface area contributed by atoms with Gasteiger partial charge in [-0.3, -0.25) is 4.57 Å². The average molecular weight is 523 g/mol. The van der Waals surface area contributed by atoms with Crippen molar-refractivity contribution in [2.75, 3.05) is 0 Å². The first-order chi connectivity index (χ1) is 19.2. The second-order valence-corrected chi connectivity index (χ2v) is 10.7. The van der Waals surface area contributed by atoms with E-state index in [0.717, 1.165) is 34.2 Å². The summed E-state index contributed by atoms with van der Waals surface area (Å²) in [6.07, 6.45) is 5.60. The Hall–Kier alpha value is -4.94. The van der Waals surface area contributed by atoms with Gasteiger partial charge in [0.05, 0.1) is 11.0 Å². The number of rotatable bonds is 4. The Balaban J connectivity index is 1.36. The van der Waals surface area contributed by atoms with Gasteiger partial charge >= 0.3 is 0 Å². The Kier molecular flexibility index (Phi) is 4.84. The van der Waals surface area contributed by atoms with Crippen molar-refractivity contribution in [2.24, 2.45) is 7.05 Å². The van der Waals surface area contributed by atoms with E-state index in [0.29, 0.717) is 0 Å². The molecule has 0 aliphatic carbocycles. The number of pyridine rings is 1. The van der Waals surface area contributed by atoms with Crippen molar-refractivity contribution in [3.8, 4) is 28.7 Å². The number of imidazole rings is 1. The molecule has 0 saturated carbocycles. The van der Waals surface area contributed by atoms with Crippen LogP contribution in [0.5, 0.6) is 11.5 Å². The molecule has 39 heavy (non-hydrogen) atoms. The van der Waals surface area contributed by atoms with Crippen molar-refractivity contribution in [3.05, 3.63) is 116 Å². The monoisotopic (exact) mass is 522 g/mol. The number of fused-ring (bicyclic) bond motifs is 7. The first kappa shape index (κ1) is 22.1. The molecule has 0 fully saturated rings. The maximum Gasteiger partial charge on any atom is 0.139 e. The number of aromatic nitrogens is 4. The fraction of sp³-hybridized carbons (Fsp3) is 0.0303. The van der Waals surface area contributed by atoms with Crippen LogP contribution in [0.25, 0.3) is 59.2 Å². The smallest absolute Gasteiger partial charge is 0.139 e. The summed E-state index contributed by atoms with van der Waals surface area (Å²) < 4.78 is 13.3. The van der Waals surface area contributed by atoms with Crippen LogP contribution in [0.4, 0.5) is 0 Å². The lowest BCUT2D eigenvalue weighted by atomic mass is 10.1. The van der Waals surface area contributed by atoms with Gasteiger partial charge in [-0.15, -0.1) is 11.3 Å². The molecule has 0 aliphatic heterocycles. The molecule has 8 aromatic rings. The summed E-state index contributed by atoms with van der Waals surface area (Å²) in [5.74, 6) is 3.32. The second kappa shape index (κ2) is 8.55. The summed E-state index contributed by atoms with van der Waals surface area (Å²) in [5, 5.41) is 4.91. The van der Waals surface area contributed by atoms with Crippen molar-refractivity contribution >= 4 is 53.3 Å². The van der Waals surface area contributed by atoms with Gasteiger partial charge in [-0.2, -0.15) is 0 Å². The van der Waals surface area contributed by atoms with Crippen molar-refractivity contribution in [1.82, 2.24) is 19.1 Å². The highest BCUT2D eigenvalue weighted by molar-refractivity contribution is 7.26. The zero-order valence-electron chi connectivity index (χ0n) is 21.1. The van der Waals surface area contributed by atoms with E-state index in [9.17, 15) is 0 Å². The molecule has 0 radical (unpaired) electrons. The first-order valence-electron chi connectivity index (χ1n) is 12.8. The van der Waals surface area contributed by atoms with Crippen molar-refractivity contribution in [2.45, 2.75) is 0 Å². The topological polar surface area (TPSA) is 44.9 Å². The summed E-state index contributed by atoms with van der Waals surface area (Å²) in [5.41, 5.74) is 3.24. The molecule has 0 atom stereocenters. The van der Waals surface area contributed by atoms with Crippen LogP contribution in [0.1, 0.15) is 0 Å². The standard InChI is InChI=1S/C33H22N4OS/c1-36-18-17-35-33(36)21-7-6-8-22(19-21)38-23-12-13-24-25-14-15-29-31(26-9-2-3-10-28(26)39-29)32(25)37(27(24)20-23)30-11-4-5-16-34-30/h2-20H,1H3. The Morgan fingerprint density at radius 3 is 2.44 bits per heavy atom. The molecule has 186 valence electrons. The fourth-order valence-electron chi connectivity index (χ4n) is 5.56. The highest BCUT2D eigenvalue weighted by Gasteiger charge is 2.19. The molecular weight excluding hydrogens is 500 g/mol. The molecule has 0 N–H and O–H groups in total. The van der Waals surface area contributed by atoms with Gasteiger partial charge in [0, 0.05) is 68.2 Å². The molecule has 4 aromatic heterocycles. The van der Waals surface area contributed by atoms with Gasteiger partial charge in [0.25, 0.3) is 0 Å². The minimum atomic E-state index is 0.765. The minimum absolute atomic E-state index is 0.765. The van der Waals surface area contributed by atoms with Crippen LogP contribution in [0.15, 0.2) is 116 Å². The molecule has 0 aliphatic rings. The molecule has 4 heterocycles. The van der Waals surface area contributed by atoms with Crippen LogP contribution < -0.4 is 4.74 Å². The summed E-state index contributed by atoms with van der Waals surface area (Å²) in [6, 6.07) is 33.6. The van der Waals surface area contributed by atoms with Gasteiger partial charge < -0.3 is 9.30 Å². The van der Waals surface area contributed by atoms with Crippen LogP contribution in [0.2, 0.25) is 0 Å². The molecule has 8 rings (SSSR count). The number of benzene rings is 4. The fourth-order valence-corrected chi connectivity index (χ4v) is 6.67. The lowest BCUT2D eigenvalue weighted by Gasteiger charge is -2.10. The molecule has 0 saturated heterocycles. The quantitative estimate of drug-likeness (QED) is 0.232. The molecular formula is C33H22N4OS. The summed E-state index contributed by atoms with van der Waals surface area (Å²) in [6.45, 7) is 0. The van der Waals surface area contributed by atoms with E-state index in [4.69, 9.17) is 9.72 Å². The van der Waals surface area contributed by atoms with Gasteiger partial charge in [0.1, 0.15) is 23.1 Å². The van der Waals surface area contributed by atoms with Crippen molar-refractivity contribution < 1.29 is 4.74 Å². The van der Waals surface area contributed by atoms with E-state index < -0.39 is 0 Å². The largest absolute Gasteiger partial charge is 0.457 e. The van der Waals surface area contributed by atoms with Crippen LogP contribution in [-0.4, -0.2) is 19.1 Å². The summed E-state index contributed by atoms with van der Waals surface area (Å²) in [7, 11) is 1.99. The first-order valence-corrected chi connectivity index (χ1v) is 13.6. The Labute approximate surface area is 228 Å². The number of hydrogen-bond donors (Lipinski definition) is 0. The number of hydrogen-bond acceptors (Lipinski definition) is 4. The van der Waals surface area contributed by atoms with Gasteiger partial charge in [-0.05, 0) is 48.5 Å². The molecule has 6 heteroatoms. The molecule has 0 spiro atoms. The maximum atomic E-state index is 6.43. The SMILES string of the molecule is Cn1ccnc1-c1cccc(Oc2ccc3c4ccc5sc6ccccc6c5c4n(-c4ccccn4)c3c2)c1. The van der Waals surface area contributed by atoms with E-state index >= 15 is 0 Å². The summed E-state index contributed by atoms with van der Waals surface area (Å²) in [4.78, 5) is 9.26. The van der Waals surface area contributed by atoms with Crippen LogP contribution in [0.3, 0.4) is 0 Å². The van der Waals surface area contributed by atoms with Crippen molar-refractivity contribution in [3.63, 3.8) is 0 Å². The number of ether oxygens (including phenoxy) is 1. The van der Waals surface area contributed by atoms with E-state index in [1.807, 2.05) is 77.8 Å². The van der Waals surface area contributed by atoms with E-state index in [-0.39, 0.29) is 0 Å². The molecule has 5 nitrogen and oxygen atoms in total. The maximum absolute atomic E-state index is 6.43. The zero-order chi connectivity index (χ0) is 25.9. The van der Waals surface area contributed by atoms with E-state index in [1.54, 1.807) is 6.20 Å². The molecule has 0 unspecified atom stereocenters. The number of thiophene rings is 1. The Morgan fingerprint density at radius 1 is 0.692 bits per heavy atom. The molecule has 4 aromatic carbocycles. The number of nitrogens with zero attached hydrogens (tertiary/aromatic N) is 4. The lowest BCUT2D eigenvalue weighted by molar-refractivity contribution is 0.483.